The van der Waals surface area contributed by atoms with E-state index in [1.165, 1.54) is 13.8 Å². The molecule has 0 aromatic heterocycles. The average molecular weight is 947 g/mol. The molecule has 0 radical (unpaired) electrons. The SMILES string of the molecule is CC/C=C\C/C=C\C/C=C\CCCCCCCC(=O)OCC(COC(=O)CCCCCCC/C=C\C/C=C\C/C=C\CC)CO[C@H]1CC(OC(C)=O)[C@@H](OC(C)=O)[C@@H](COCc2ccccc2)O1. The molecule has 1 fully saturated rings. The molecule has 1 aliphatic heterocycles. The summed E-state index contributed by atoms with van der Waals surface area (Å²) in [4.78, 5) is 50.1. The van der Waals surface area contributed by atoms with Gasteiger partial charge >= 0.3 is 23.9 Å². The lowest BCUT2D eigenvalue weighted by atomic mass is 10.0. The summed E-state index contributed by atoms with van der Waals surface area (Å²) < 4.78 is 41.1. The van der Waals surface area contributed by atoms with E-state index in [-0.39, 0.29) is 51.4 Å². The van der Waals surface area contributed by atoms with Crippen molar-refractivity contribution >= 4 is 23.9 Å². The fraction of sp³-hybridized carbons (Fsp3) is 0.614. The normalized spacial score (nSPS) is 17.7. The molecule has 0 bridgehead atoms. The lowest BCUT2D eigenvalue weighted by Gasteiger charge is -2.40. The van der Waals surface area contributed by atoms with Crippen LogP contribution in [0.1, 0.15) is 168 Å². The quantitative estimate of drug-likeness (QED) is 0.0270. The van der Waals surface area contributed by atoms with Gasteiger partial charge in [0, 0.05) is 33.1 Å². The zero-order chi connectivity index (χ0) is 49.1. The van der Waals surface area contributed by atoms with Crippen LogP contribution in [0.15, 0.2) is 103 Å². The van der Waals surface area contributed by atoms with E-state index >= 15 is 0 Å². The Morgan fingerprint density at radius 3 is 1.56 bits per heavy atom. The van der Waals surface area contributed by atoms with Gasteiger partial charge in [-0.3, -0.25) is 19.2 Å². The molecular weight excluding hydrogens is 861 g/mol. The highest BCUT2D eigenvalue weighted by Crippen LogP contribution is 2.28. The van der Waals surface area contributed by atoms with Gasteiger partial charge < -0.3 is 33.2 Å². The molecule has 1 aromatic carbocycles. The topological polar surface area (TPSA) is 133 Å². The van der Waals surface area contributed by atoms with Gasteiger partial charge in [-0.1, -0.05) is 156 Å². The van der Waals surface area contributed by atoms with Crippen LogP contribution in [0, 0.1) is 5.92 Å². The predicted octanol–water partition coefficient (Wildman–Crippen LogP) is 13.1. The molecule has 1 aromatic rings. The number of esters is 4. The van der Waals surface area contributed by atoms with Gasteiger partial charge in [0.1, 0.15) is 12.2 Å². The number of carbonyl (C=O) groups excluding carboxylic acids is 4. The fourth-order valence-corrected chi connectivity index (χ4v) is 7.40. The molecule has 380 valence electrons. The van der Waals surface area contributed by atoms with Crippen LogP contribution in [0.3, 0.4) is 0 Å². The van der Waals surface area contributed by atoms with Gasteiger partial charge in [-0.25, -0.2) is 0 Å². The maximum atomic E-state index is 12.9. The summed E-state index contributed by atoms with van der Waals surface area (Å²) in [5, 5.41) is 0. The molecule has 1 aliphatic rings. The Balaban J connectivity index is 1.89. The van der Waals surface area contributed by atoms with Gasteiger partial charge in [-0.05, 0) is 82.6 Å². The van der Waals surface area contributed by atoms with Gasteiger partial charge in [0.15, 0.2) is 12.4 Å². The van der Waals surface area contributed by atoms with Crippen molar-refractivity contribution in [2.75, 3.05) is 26.4 Å². The fourth-order valence-electron chi connectivity index (χ4n) is 7.40. The van der Waals surface area contributed by atoms with Crippen LogP contribution >= 0.6 is 0 Å². The van der Waals surface area contributed by atoms with Crippen molar-refractivity contribution in [3.05, 3.63) is 109 Å². The Labute approximate surface area is 409 Å². The second-order valence-corrected chi connectivity index (χ2v) is 17.3. The minimum atomic E-state index is -0.926. The number of hydrogen-bond acceptors (Lipinski definition) is 11. The Kier molecular flexibility index (Phi) is 36.2. The lowest BCUT2D eigenvalue weighted by Crippen LogP contribution is -2.54. The highest BCUT2D eigenvalue weighted by Gasteiger charge is 2.44. The van der Waals surface area contributed by atoms with Crippen LogP contribution in [-0.4, -0.2) is 74.9 Å². The van der Waals surface area contributed by atoms with E-state index in [4.69, 9.17) is 33.2 Å². The summed E-state index contributed by atoms with van der Waals surface area (Å²) in [6.07, 6.45) is 41.7. The largest absolute Gasteiger partial charge is 0.465 e. The first-order valence-corrected chi connectivity index (χ1v) is 25.7. The molecule has 0 saturated carbocycles. The first-order chi connectivity index (χ1) is 33.2. The third kappa shape index (κ3) is 33.0. The number of ether oxygens (including phenoxy) is 7. The van der Waals surface area contributed by atoms with Crippen molar-refractivity contribution in [3.63, 3.8) is 0 Å². The van der Waals surface area contributed by atoms with E-state index in [1.54, 1.807) is 0 Å². The third-order valence-corrected chi connectivity index (χ3v) is 11.0. The van der Waals surface area contributed by atoms with Gasteiger partial charge in [0.25, 0.3) is 0 Å². The molecule has 1 unspecified atom stereocenters. The Morgan fingerprint density at radius 2 is 1.06 bits per heavy atom. The maximum absolute atomic E-state index is 12.9. The highest BCUT2D eigenvalue weighted by atomic mass is 16.7. The number of unbranched alkanes of at least 4 members (excludes halogenated alkanes) is 10. The Morgan fingerprint density at radius 1 is 0.588 bits per heavy atom. The van der Waals surface area contributed by atoms with E-state index in [0.717, 1.165) is 121 Å². The zero-order valence-electron chi connectivity index (χ0n) is 42.1. The van der Waals surface area contributed by atoms with Crippen molar-refractivity contribution < 1.29 is 52.3 Å². The molecule has 0 aliphatic carbocycles. The second kappa shape index (κ2) is 41.4. The molecule has 1 heterocycles. The van der Waals surface area contributed by atoms with Crippen LogP contribution in [0.25, 0.3) is 0 Å². The summed E-state index contributed by atoms with van der Waals surface area (Å²) in [7, 11) is 0. The lowest BCUT2D eigenvalue weighted by molar-refractivity contribution is -0.271. The molecule has 4 atom stereocenters. The van der Waals surface area contributed by atoms with Crippen LogP contribution in [-0.2, 0) is 58.9 Å². The molecule has 0 spiro atoms. The highest BCUT2D eigenvalue weighted by molar-refractivity contribution is 5.70. The summed E-state index contributed by atoms with van der Waals surface area (Å²) >= 11 is 0. The third-order valence-electron chi connectivity index (χ3n) is 11.0. The monoisotopic (exact) mass is 947 g/mol. The van der Waals surface area contributed by atoms with E-state index in [1.807, 2.05) is 30.3 Å². The van der Waals surface area contributed by atoms with Gasteiger partial charge in [-0.15, -0.1) is 0 Å². The standard InChI is InChI=1S/C57H86O11/c1-5-7-9-11-13-15-17-19-21-23-25-27-29-31-36-40-54(60)63-44-51(45-64-55(61)41-37-32-30-28-26-24-22-20-18-16-14-12-10-8-6-2)46-65-56-42-52(66-48(3)58)57(67-49(4)59)53(68-56)47-62-43-50-38-34-33-35-39-50/h7-10,13-16,19-22,33-35,38-39,51-53,56-57H,5-6,11-12,17-18,23-32,36-37,40-47H2,1-4H3/b9-7-,10-8-,15-13-,16-14-,21-19-,22-20-/t52?,53-,56-,57-/m1/s1. The molecule has 68 heavy (non-hydrogen) atoms. The molecule has 0 N–H and O–H groups in total. The van der Waals surface area contributed by atoms with Crippen LogP contribution in [0.4, 0.5) is 0 Å². The molecule has 2 rings (SSSR count). The van der Waals surface area contributed by atoms with Crippen molar-refractivity contribution in [1.82, 2.24) is 0 Å². The molecule has 1 saturated heterocycles. The minimum Gasteiger partial charge on any atom is -0.465 e. The second-order valence-electron chi connectivity index (χ2n) is 17.3. The Hall–Kier alpha value is -4.58. The smallest absolute Gasteiger partial charge is 0.305 e. The average Bonchev–Trinajstić information content (AvgIpc) is 3.32. The summed E-state index contributed by atoms with van der Waals surface area (Å²) in [5.74, 6) is -2.20. The van der Waals surface area contributed by atoms with Gasteiger partial charge in [0.2, 0.25) is 0 Å². The van der Waals surface area contributed by atoms with Crippen LogP contribution in [0.2, 0.25) is 0 Å². The maximum Gasteiger partial charge on any atom is 0.305 e. The predicted molar refractivity (Wildman–Crippen MR) is 270 cm³/mol. The molecule has 0 amide bonds. The van der Waals surface area contributed by atoms with Crippen molar-refractivity contribution in [1.29, 1.82) is 0 Å². The van der Waals surface area contributed by atoms with Crippen LogP contribution < -0.4 is 0 Å². The minimum absolute atomic E-state index is 0.0100. The first-order valence-electron chi connectivity index (χ1n) is 25.7. The van der Waals surface area contributed by atoms with E-state index in [9.17, 15) is 19.2 Å². The van der Waals surface area contributed by atoms with E-state index in [0.29, 0.717) is 12.8 Å². The molecule has 11 nitrogen and oxygen atoms in total. The number of hydrogen-bond donors (Lipinski definition) is 0. The van der Waals surface area contributed by atoms with E-state index in [2.05, 4.69) is 86.8 Å². The molecular formula is C57H86O11. The van der Waals surface area contributed by atoms with Crippen molar-refractivity contribution in [2.24, 2.45) is 5.92 Å². The first kappa shape index (κ1) is 59.5. The molecule has 11 heteroatoms. The zero-order valence-corrected chi connectivity index (χ0v) is 42.1. The number of allylic oxidation sites excluding steroid dienone is 12. The van der Waals surface area contributed by atoms with E-state index < -0.39 is 42.5 Å². The Bertz CT molecular complexity index is 1580. The summed E-state index contributed by atoms with van der Waals surface area (Å²) in [6, 6.07) is 9.61. The van der Waals surface area contributed by atoms with Crippen molar-refractivity contribution in [2.45, 2.75) is 194 Å². The number of rotatable bonds is 39. The van der Waals surface area contributed by atoms with Gasteiger partial charge in [-0.2, -0.15) is 0 Å². The van der Waals surface area contributed by atoms with Gasteiger partial charge in [0.05, 0.1) is 39.0 Å². The summed E-state index contributed by atoms with van der Waals surface area (Å²) in [5.41, 5.74) is 0.951. The van der Waals surface area contributed by atoms with Crippen molar-refractivity contribution in [3.8, 4) is 0 Å². The summed E-state index contributed by atoms with van der Waals surface area (Å²) in [6.45, 7) is 7.17. The number of benzene rings is 1. The van der Waals surface area contributed by atoms with Crippen LogP contribution in [0.5, 0.6) is 0 Å². The number of carbonyl (C=O) groups is 4.